The number of carbonyl (C=O) groups is 1. The molecule has 2 aliphatic rings. The quantitative estimate of drug-likeness (QED) is 0.406. The lowest BCUT2D eigenvalue weighted by atomic mass is 9.94. The van der Waals surface area contributed by atoms with Gasteiger partial charge in [0.25, 0.3) is 5.56 Å². The molecule has 1 aliphatic heterocycles. The third kappa shape index (κ3) is 3.47. The molecular formula is C28H23NO3S. The van der Waals surface area contributed by atoms with Crippen molar-refractivity contribution in [2.24, 2.45) is 0 Å². The highest BCUT2D eigenvalue weighted by atomic mass is 32.2. The van der Waals surface area contributed by atoms with E-state index in [1.165, 1.54) is 21.9 Å². The SMILES string of the molecule is O=C(O)C1C(c2ccccc2)Sc2c(C3CC3)c(Cc3cccc4ccccc34)cc(=O)n21. The molecule has 1 fully saturated rings. The van der Waals surface area contributed by atoms with Crippen LogP contribution in [0.2, 0.25) is 0 Å². The first-order valence-corrected chi connectivity index (χ1v) is 12.2. The number of hydrogen-bond acceptors (Lipinski definition) is 3. The standard InChI is InChI=1S/C28H23NO3S/c30-23-16-21(15-20-11-6-10-17-7-4-5-12-22(17)20)24(18-13-14-18)27-29(23)25(28(31)32)26(33-27)19-8-2-1-3-9-19/h1-12,16,18,25-26H,13-15H2,(H,31,32). The second kappa shape index (κ2) is 7.92. The molecule has 2 atom stereocenters. The minimum atomic E-state index is -0.958. The van der Waals surface area contributed by atoms with Crippen molar-refractivity contribution in [3.05, 3.63) is 111 Å². The predicted molar refractivity (Wildman–Crippen MR) is 131 cm³/mol. The fraction of sp³-hybridized carbons (Fsp3) is 0.214. The van der Waals surface area contributed by atoms with Crippen molar-refractivity contribution in [2.75, 3.05) is 0 Å². The maximum atomic E-state index is 13.4. The summed E-state index contributed by atoms with van der Waals surface area (Å²) in [5.74, 6) is -0.561. The molecule has 3 aromatic carbocycles. The Morgan fingerprint density at radius 1 is 0.939 bits per heavy atom. The number of carboxylic acid groups (broad SMARTS) is 1. The van der Waals surface area contributed by atoms with Crippen LogP contribution in [0.1, 0.15) is 52.3 Å². The van der Waals surface area contributed by atoms with E-state index in [9.17, 15) is 14.7 Å². The molecule has 2 heterocycles. The molecule has 0 amide bonds. The predicted octanol–water partition coefficient (Wildman–Crippen LogP) is 5.94. The highest BCUT2D eigenvalue weighted by Gasteiger charge is 2.44. The molecule has 164 valence electrons. The summed E-state index contributed by atoms with van der Waals surface area (Å²) in [6.07, 6.45) is 2.84. The monoisotopic (exact) mass is 453 g/mol. The number of pyridine rings is 1. The van der Waals surface area contributed by atoms with Crippen LogP contribution in [0.5, 0.6) is 0 Å². The van der Waals surface area contributed by atoms with Gasteiger partial charge >= 0.3 is 5.97 Å². The Balaban J connectivity index is 1.51. The van der Waals surface area contributed by atoms with E-state index >= 15 is 0 Å². The molecule has 0 saturated heterocycles. The van der Waals surface area contributed by atoms with Gasteiger partial charge in [-0.25, -0.2) is 4.79 Å². The summed E-state index contributed by atoms with van der Waals surface area (Å²) < 4.78 is 1.55. The van der Waals surface area contributed by atoms with Gasteiger partial charge in [0.15, 0.2) is 6.04 Å². The van der Waals surface area contributed by atoms with E-state index in [4.69, 9.17) is 0 Å². The van der Waals surface area contributed by atoms with Crippen LogP contribution >= 0.6 is 11.8 Å². The van der Waals surface area contributed by atoms with Gasteiger partial charge in [-0.05, 0) is 58.2 Å². The topological polar surface area (TPSA) is 59.3 Å². The third-order valence-electron chi connectivity index (χ3n) is 6.76. The van der Waals surface area contributed by atoms with Crippen molar-refractivity contribution in [3.8, 4) is 0 Å². The summed E-state index contributed by atoms with van der Waals surface area (Å²) >= 11 is 1.55. The summed E-state index contributed by atoms with van der Waals surface area (Å²) in [6, 6.07) is 25.1. The Morgan fingerprint density at radius 3 is 2.42 bits per heavy atom. The highest BCUT2D eigenvalue weighted by Crippen LogP contribution is 2.55. The molecule has 0 radical (unpaired) electrons. The Bertz CT molecular complexity index is 1430. The van der Waals surface area contributed by atoms with Crippen LogP contribution < -0.4 is 5.56 Å². The summed E-state index contributed by atoms with van der Waals surface area (Å²) in [7, 11) is 0. The molecule has 1 aromatic heterocycles. The van der Waals surface area contributed by atoms with E-state index in [1.807, 2.05) is 42.5 Å². The lowest BCUT2D eigenvalue weighted by molar-refractivity contribution is -0.141. The number of benzene rings is 3. The number of carboxylic acids is 1. The lowest BCUT2D eigenvalue weighted by Gasteiger charge is -2.18. The Morgan fingerprint density at radius 2 is 1.67 bits per heavy atom. The molecular weight excluding hydrogens is 430 g/mol. The van der Waals surface area contributed by atoms with Gasteiger partial charge in [0.05, 0.1) is 10.3 Å². The van der Waals surface area contributed by atoms with E-state index in [0.29, 0.717) is 12.3 Å². The van der Waals surface area contributed by atoms with Crippen molar-refractivity contribution in [1.29, 1.82) is 0 Å². The fourth-order valence-electron chi connectivity index (χ4n) is 5.11. The van der Waals surface area contributed by atoms with Crippen molar-refractivity contribution in [2.45, 2.75) is 41.5 Å². The number of nitrogens with zero attached hydrogens (tertiary/aromatic N) is 1. The Kier molecular flexibility index (Phi) is 4.88. The zero-order valence-electron chi connectivity index (χ0n) is 18.0. The first kappa shape index (κ1) is 20.3. The third-order valence-corrected chi connectivity index (χ3v) is 8.19. The Labute approximate surface area is 195 Å². The van der Waals surface area contributed by atoms with Gasteiger partial charge in [0.1, 0.15) is 0 Å². The molecule has 1 saturated carbocycles. The molecule has 5 heteroatoms. The van der Waals surface area contributed by atoms with Crippen LogP contribution in [0.3, 0.4) is 0 Å². The van der Waals surface area contributed by atoms with Gasteiger partial charge in [-0.3, -0.25) is 9.36 Å². The van der Waals surface area contributed by atoms with Gasteiger partial charge in [0, 0.05) is 6.07 Å². The van der Waals surface area contributed by atoms with E-state index in [1.54, 1.807) is 22.4 Å². The zero-order chi connectivity index (χ0) is 22.5. The summed E-state index contributed by atoms with van der Waals surface area (Å²) in [5.41, 5.74) is 4.13. The maximum Gasteiger partial charge on any atom is 0.328 e. The number of thioether (sulfide) groups is 1. The van der Waals surface area contributed by atoms with Crippen molar-refractivity contribution in [3.63, 3.8) is 0 Å². The van der Waals surface area contributed by atoms with Crippen molar-refractivity contribution in [1.82, 2.24) is 4.57 Å². The van der Waals surface area contributed by atoms with Gasteiger partial charge < -0.3 is 5.11 Å². The fourth-order valence-corrected chi connectivity index (χ4v) is 6.75. The van der Waals surface area contributed by atoms with Gasteiger partial charge in [-0.2, -0.15) is 0 Å². The second-order valence-electron chi connectivity index (χ2n) is 8.92. The number of aromatic nitrogens is 1. The first-order valence-electron chi connectivity index (χ1n) is 11.3. The van der Waals surface area contributed by atoms with Crippen LogP contribution in [-0.4, -0.2) is 15.6 Å². The number of aliphatic carboxylic acids is 1. The molecule has 1 N–H and O–H groups in total. The number of fused-ring (bicyclic) bond motifs is 2. The normalized spacial score (nSPS) is 19.5. The maximum absolute atomic E-state index is 13.4. The minimum absolute atomic E-state index is 0.219. The van der Waals surface area contributed by atoms with Gasteiger partial charge in [-0.1, -0.05) is 84.6 Å². The average molecular weight is 454 g/mol. The summed E-state index contributed by atoms with van der Waals surface area (Å²) in [6.45, 7) is 0. The second-order valence-corrected chi connectivity index (χ2v) is 10.0. The van der Waals surface area contributed by atoms with Crippen LogP contribution in [0.15, 0.2) is 88.7 Å². The molecule has 4 aromatic rings. The molecule has 4 nitrogen and oxygen atoms in total. The number of hydrogen-bond donors (Lipinski definition) is 1. The van der Waals surface area contributed by atoms with E-state index in [-0.39, 0.29) is 10.8 Å². The molecule has 6 rings (SSSR count). The molecule has 1 aliphatic carbocycles. The Hall–Kier alpha value is -3.31. The smallest absolute Gasteiger partial charge is 0.328 e. The number of rotatable bonds is 5. The van der Waals surface area contributed by atoms with Crippen molar-refractivity contribution >= 4 is 28.5 Å². The van der Waals surface area contributed by atoms with E-state index < -0.39 is 12.0 Å². The molecule has 2 unspecified atom stereocenters. The van der Waals surface area contributed by atoms with Crippen LogP contribution in [-0.2, 0) is 11.2 Å². The van der Waals surface area contributed by atoms with Crippen LogP contribution in [0.4, 0.5) is 0 Å². The molecule has 33 heavy (non-hydrogen) atoms. The van der Waals surface area contributed by atoms with Crippen LogP contribution in [0, 0.1) is 0 Å². The largest absolute Gasteiger partial charge is 0.480 e. The van der Waals surface area contributed by atoms with Gasteiger partial charge in [-0.15, -0.1) is 0 Å². The van der Waals surface area contributed by atoms with E-state index in [0.717, 1.165) is 29.0 Å². The lowest BCUT2D eigenvalue weighted by Crippen LogP contribution is -2.30. The molecule has 0 bridgehead atoms. The first-order chi connectivity index (χ1) is 16.1. The zero-order valence-corrected chi connectivity index (χ0v) is 18.8. The van der Waals surface area contributed by atoms with Gasteiger partial charge in [0.2, 0.25) is 0 Å². The summed E-state index contributed by atoms with van der Waals surface area (Å²) in [4.78, 5) is 25.7. The van der Waals surface area contributed by atoms with Crippen molar-refractivity contribution < 1.29 is 9.90 Å². The van der Waals surface area contributed by atoms with E-state index in [2.05, 4.69) is 30.3 Å². The minimum Gasteiger partial charge on any atom is -0.480 e. The van der Waals surface area contributed by atoms with Crippen LogP contribution in [0.25, 0.3) is 10.8 Å². The highest BCUT2D eigenvalue weighted by molar-refractivity contribution is 7.99. The molecule has 0 spiro atoms. The summed E-state index contributed by atoms with van der Waals surface area (Å²) in [5, 5.41) is 13.0. The average Bonchev–Trinajstić information content (AvgIpc) is 3.58.